The summed E-state index contributed by atoms with van der Waals surface area (Å²) in [6.07, 6.45) is 5.67. The fourth-order valence-corrected chi connectivity index (χ4v) is 3.58. The van der Waals surface area contributed by atoms with E-state index in [0.717, 1.165) is 19.3 Å². The number of aliphatic imine (C=N–C) groups is 1. The maximum absolute atomic E-state index is 12.3. The largest absolute Gasteiger partial charge is 0.449 e. The van der Waals surface area contributed by atoms with E-state index in [9.17, 15) is 14.7 Å². The Hall–Kier alpha value is -2.98. The molecule has 3 heterocycles. The van der Waals surface area contributed by atoms with Crippen LogP contribution in [0.4, 0.5) is 22.1 Å². The number of unbranched alkanes of at least 4 members (excludes halogenated alkanes) is 2. The summed E-state index contributed by atoms with van der Waals surface area (Å²) in [6.45, 7) is 4.26. The Balaban J connectivity index is 1.99. The maximum Gasteiger partial charge on any atom is 0.411 e. The van der Waals surface area contributed by atoms with Gasteiger partial charge in [0.15, 0.2) is 0 Å². The molecule has 0 saturated heterocycles. The number of aliphatic hydroxyl groups excluding tert-OH is 1. The molecule has 0 aliphatic carbocycles. The first-order chi connectivity index (χ1) is 15.0. The van der Waals surface area contributed by atoms with Gasteiger partial charge in [0.2, 0.25) is 0 Å². The number of methoxy groups -OCH3 is 1. The number of anilines is 2. The molecule has 0 saturated carbocycles. The first-order valence-electron chi connectivity index (χ1n) is 10.4. The van der Waals surface area contributed by atoms with Gasteiger partial charge in [0.1, 0.15) is 11.6 Å². The minimum atomic E-state index is -0.625. The van der Waals surface area contributed by atoms with E-state index in [2.05, 4.69) is 27.5 Å². The molecule has 0 aromatic carbocycles. The third kappa shape index (κ3) is 5.20. The minimum absolute atomic E-state index is 0.0755. The molecule has 168 valence electrons. The first kappa shape index (κ1) is 22.7. The molecule has 1 amide bonds. The van der Waals surface area contributed by atoms with Crippen molar-refractivity contribution >= 4 is 40.5 Å². The lowest BCUT2D eigenvalue weighted by Gasteiger charge is -2.21. The van der Waals surface area contributed by atoms with E-state index in [1.165, 1.54) is 12.4 Å². The fraction of sp³-hybridized carbons (Fsp3) is 0.524. The highest BCUT2D eigenvalue weighted by molar-refractivity contribution is 6.12. The van der Waals surface area contributed by atoms with Gasteiger partial charge < -0.3 is 24.5 Å². The Bertz CT molecular complexity index is 1020. The second-order valence-electron chi connectivity index (χ2n) is 7.50. The molecule has 31 heavy (non-hydrogen) atoms. The Labute approximate surface area is 180 Å². The zero-order valence-corrected chi connectivity index (χ0v) is 18.1. The van der Waals surface area contributed by atoms with Gasteiger partial charge in [-0.25, -0.2) is 9.79 Å². The van der Waals surface area contributed by atoms with Crippen molar-refractivity contribution in [3.63, 3.8) is 0 Å². The molecule has 0 spiro atoms. The van der Waals surface area contributed by atoms with Gasteiger partial charge in [0.25, 0.3) is 5.56 Å². The van der Waals surface area contributed by atoms with Crippen molar-refractivity contribution in [1.29, 1.82) is 0 Å². The number of aromatic nitrogens is 2. The van der Waals surface area contributed by atoms with Gasteiger partial charge in [-0.05, 0) is 19.8 Å². The molecule has 3 rings (SSSR count). The monoisotopic (exact) mass is 431 g/mol. The second-order valence-corrected chi connectivity index (χ2v) is 7.50. The number of amides is 1. The molecular formula is C21H29N5O5. The van der Waals surface area contributed by atoms with E-state index < -0.39 is 11.7 Å². The van der Waals surface area contributed by atoms with Gasteiger partial charge in [-0.1, -0.05) is 19.8 Å². The van der Waals surface area contributed by atoms with E-state index in [1.54, 1.807) is 7.11 Å². The summed E-state index contributed by atoms with van der Waals surface area (Å²) in [4.78, 5) is 33.1. The summed E-state index contributed by atoms with van der Waals surface area (Å²) >= 11 is 0. The molecule has 0 bridgehead atoms. The van der Waals surface area contributed by atoms with Crippen molar-refractivity contribution in [1.82, 2.24) is 9.55 Å². The maximum atomic E-state index is 12.3. The van der Waals surface area contributed by atoms with Crippen LogP contribution < -0.4 is 16.2 Å². The average molecular weight is 431 g/mol. The van der Waals surface area contributed by atoms with Crippen molar-refractivity contribution in [2.75, 3.05) is 31.0 Å². The molecule has 3 N–H and O–H groups in total. The second kappa shape index (κ2) is 10.4. The molecule has 10 nitrogen and oxygen atoms in total. The minimum Gasteiger partial charge on any atom is -0.449 e. The van der Waals surface area contributed by atoms with Crippen LogP contribution in [0.2, 0.25) is 0 Å². The summed E-state index contributed by atoms with van der Waals surface area (Å²) in [7, 11) is 1.55. The zero-order valence-electron chi connectivity index (χ0n) is 18.1. The third-order valence-corrected chi connectivity index (χ3v) is 5.24. The summed E-state index contributed by atoms with van der Waals surface area (Å²) in [5.74, 6) is 0.970. The standard InChI is InChI=1S/C21H29N5O5/c1-4-5-6-7-31-21(29)24-16-9-17(28)25-19-18-15(16)10-26(20(18)23-12-22-19)13(2)8-14(11-27)30-3/h9-10,12-14,27H,4-8,11H2,1-3H3,(H,24,29)(H,22,23,25,28). The summed E-state index contributed by atoms with van der Waals surface area (Å²) in [5, 5.41) is 16.3. The van der Waals surface area contributed by atoms with Crippen LogP contribution in [-0.4, -0.2) is 53.5 Å². The third-order valence-electron chi connectivity index (χ3n) is 5.24. The summed E-state index contributed by atoms with van der Waals surface area (Å²) < 4.78 is 12.5. The zero-order chi connectivity index (χ0) is 22.4. The molecule has 1 aliphatic heterocycles. The number of ether oxygens (including phenoxy) is 2. The van der Waals surface area contributed by atoms with E-state index in [1.807, 2.05) is 17.7 Å². The lowest BCUT2D eigenvalue weighted by molar-refractivity contribution is 0.0347. The lowest BCUT2D eigenvalue weighted by atomic mass is 10.1. The van der Waals surface area contributed by atoms with Crippen molar-refractivity contribution in [2.45, 2.75) is 51.7 Å². The molecule has 2 aromatic rings. The lowest BCUT2D eigenvalue weighted by Crippen LogP contribution is -2.20. The Morgan fingerprint density at radius 1 is 1.39 bits per heavy atom. The van der Waals surface area contributed by atoms with Crippen LogP contribution in [0.1, 0.15) is 45.6 Å². The van der Waals surface area contributed by atoms with E-state index >= 15 is 0 Å². The van der Waals surface area contributed by atoms with Crippen LogP contribution in [0, 0.1) is 0 Å². The number of carbonyl (C=O) groups excluding carboxylic acids is 1. The number of rotatable bonds is 10. The average Bonchev–Trinajstić information content (AvgIpc) is 3.09. The highest BCUT2D eigenvalue weighted by atomic mass is 16.5. The Morgan fingerprint density at radius 3 is 2.90 bits per heavy atom. The number of carbonyl (C=O) groups is 1. The topological polar surface area (TPSA) is 127 Å². The highest BCUT2D eigenvalue weighted by Crippen LogP contribution is 2.40. The molecule has 2 aromatic heterocycles. The molecule has 2 unspecified atom stereocenters. The fourth-order valence-electron chi connectivity index (χ4n) is 3.58. The highest BCUT2D eigenvalue weighted by Gasteiger charge is 2.23. The number of hydrogen-bond donors (Lipinski definition) is 3. The molecule has 0 fully saturated rings. The molecule has 1 aliphatic rings. The Morgan fingerprint density at radius 2 is 2.19 bits per heavy atom. The number of hydrogen-bond acceptors (Lipinski definition) is 8. The van der Waals surface area contributed by atoms with Crippen molar-refractivity contribution < 1.29 is 19.4 Å². The number of nitrogens with zero attached hydrogens (tertiary/aromatic N) is 3. The summed E-state index contributed by atoms with van der Waals surface area (Å²) in [6, 6.07) is 1.20. The van der Waals surface area contributed by atoms with Gasteiger partial charge in [0, 0.05) is 30.8 Å². The normalized spacial score (nSPS) is 14.2. The van der Waals surface area contributed by atoms with E-state index in [-0.39, 0.29) is 18.8 Å². The van der Waals surface area contributed by atoms with Crippen molar-refractivity contribution in [2.24, 2.45) is 4.99 Å². The van der Waals surface area contributed by atoms with Crippen LogP contribution in [0.5, 0.6) is 0 Å². The van der Waals surface area contributed by atoms with Crippen LogP contribution in [-0.2, 0) is 9.47 Å². The van der Waals surface area contributed by atoms with Gasteiger partial charge in [0.05, 0.1) is 36.7 Å². The van der Waals surface area contributed by atoms with Gasteiger partial charge in [-0.2, -0.15) is 4.98 Å². The van der Waals surface area contributed by atoms with E-state index in [4.69, 9.17) is 9.47 Å². The quantitative estimate of drug-likeness (QED) is 0.493. The molecule has 2 atom stereocenters. The Kier molecular flexibility index (Phi) is 7.59. The smallest absolute Gasteiger partial charge is 0.411 e. The van der Waals surface area contributed by atoms with Crippen LogP contribution in [0.3, 0.4) is 0 Å². The predicted molar refractivity (Wildman–Crippen MR) is 119 cm³/mol. The van der Waals surface area contributed by atoms with Gasteiger partial charge in [-0.3, -0.25) is 10.1 Å². The first-order valence-corrected chi connectivity index (χ1v) is 10.4. The van der Waals surface area contributed by atoms with Gasteiger partial charge >= 0.3 is 6.09 Å². The SMILES string of the molecule is CCCCCOC(=O)Nc1cc(=O)nc2c3c(n(C(C)CC(CO)OC)cc13)N=CN2. The van der Waals surface area contributed by atoms with Gasteiger partial charge in [-0.15, -0.1) is 0 Å². The van der Waals surface area contributed by atoms with Crippen LogP contribution >= 0.6 is 0 Å². The van der Waals surface area contributed by atoms with Crippen molar-refractivity contribution in [3.8, 4) is 0 Å². The predicted octanol–water partition coefficient (Wildman–Crippen LogP) is 3.18. The van der Waals surface area contributed by atoms with Crippen LogP contribution in [0.15, 0.2) is 22.1 Å². The summed E-state index contributed by atoms with van der Waals surface area (Å²) in [5.41, 5.74) is -0.198. The molecular weight excluding hydrogens is 402 g/mol. The van der Waals surface area contributed by atoms with Crippen LogP contribution in [0.25, 0.3) is 10.8 Å². The molecule has 0 radical (unpaired) electrons. The van der Waals surface area contributed by atoms with Crippen molar-refractivity contribution in [3.05, 3.63) is 22.6 Å². The van der Waals surface area contributed by atoms with E-state index in [0.29, 0.717) is 41.1 Å². The number of aliphatic hydroxyl groups is 1. The molecule has 10 heteroatoms. The number of nitrogens with one attached hydrogen (secondary N) is 2.